The Bertz CT molecular complexity index is 267. The van der Waals surface area contributed by atoms with E-state index in [1.807, 2.05) is 0 Å². The number of piperidine rings is 1. The first-order chi connectivity index (χ1) is 8.21. The highest BCUT2D eigenvalue weighted by molar-refractivity contribution is 5.82. The molecule has 0 spiro atoms. The molecule has 3 nitrogen and oxygen atoms in total. The molecule has 0 aliphatic carbocycles. The van der Waals surface area contributed by atoms with Gasteiger partial charge in [-0.3, -0.25) is 4.79 Å². The van der Waals surface area contributed by atoms with Crippen molar-refractivity contribution in [1.82, 2.24) is 10.2 Å². The second-order valence-corrected chi connectivity index (χ2v) is 5.72. The predicted molar refractivity (Wildman–Crippen MR) is 69.9 cm³/mol. The third kappa shape index (κ3) is 2.65. The number of rotatable bonds is 3. The lowest BCUT2D eigenvalue weighted by Gasteiger charge is -2.30. The molecule has 0 radical (unpaired) electrons. The normalized spacial score (nSPS) is 28.4. The molecule has 2 saturated heterocycles. The summed E-state index contributed by atoms with van der Waals surface area (Å²) in [5.74, 6) is 0.355. The number of hydrogen-bond donors (Lipinski definition) is 1. The standard InChI is InChI=1S/C14H26N2O/c1-3-14(4-2)8-10-16(11-14)13(17)12-7-5-6-9-15-12/h12,15H,3-11H2,1-2H3. The molecular weight excluding hydrogens is 212 g/mol. The molecule has 17 heavy (non-hydrogen) atoms. The maximum atomic E-state index is 12.4. The number of amides is 1. The Kier molecular flexibility index (Phi) is 4.08. The molecule has 0 aromatic carbocycles. The summed E-state index contributed by atoms with van der Waals surface area (Å²) in [4.78, 5) is 14.5. The predicted octanol–water partition coefficient (Wildman–Crippen LogP) is 2.17. The van der Waals surface area contributed by atoms with Gasteiger partial charge < -0.3 is 10.2 Å². The van der Waals surface area contributed by atoms with E-state index >= 15 is 0 Å². The van der Waals surface area contributed by atoms with Crippen LogP contribution < -0.4 is 5.32 Å². The molecule has 98 valence electrons. The van der Waals surface area contributed by atoms with Crippen molar-refractivity contribution in [2.75, 3.05) is 19.6 Å². The van der Waals surface area contributed by atoms with Crippen LogP contribution in [0.25, 0.3) is 0 Å². The Balaban J connectivity index is 1.93. The van der Waals surface area contributed by atoms with Crippen molar-refractivity contribution < 1.29 is 4.79 Å². The lowest BCUT2D eigenvalue weighted by molar-refractivity contribution is -0.133. The summed E-state index contributed by atoms with van der Waals surface area (Å²) in [7, 11) is 0. The Morgan fingerprint density at radius 3 is 2.65 bits per heavy atom. The molecule has 1 N–H and O–H groups in total. The molecular formula is C14H26N2O. The molecule has 2 rings (SSSR count). The van der Waals surface area contributed by atoms with E-state index in [1.165, 1.54) is 32.1 Å². The van der Waals surface area contributed by atoms with Gasteiger partial charge in [-0.15, -0.1) is 0 Å². The van der Waals surface area contributed by atoms with Crippen molar-refractivity contribution >= 4 is 5.91 Å². The SMILES string of the molecule is CCC1(CC)CCN(C(=O)C2CCCCN2)C1. The minimum absolute atomic E-state index is 0.105. The van der Waals surface area contributed by atoms with Crippen LogP contribution in [0.15, 0.2) is 0 Å². The second kappa shape index (κ2) is 5.38. The Labute approximate surface area is 105 Å². The smallest absolute Gasteiger partial charge is 0.239 e. The van der Waals surface area contributed by atoms with Gasteiger partial charge in [0.25, 0.3) is 0 Å². The summed E-state index contributed by atoms with van der Waals surface area (Å²) in [5.41, 5.74) is 0.407. The molecule has 0 aromatic heterocycles. The number of nitrogens with zero attached hydrogens (tertiary/aromatic N) is 1. The molecule has 1 amide bonds. The average Bonchev–Trinajstić information content (AvgIpc) is 2.84. The van der Waals surface area contributed by atoms with Crippen LogP contribution in [0.4, 0.5) is 0 Å². The zero-order valence-corrected chi connectivity index (χ0v) is 11.3. The first kappa shape index (κ1) is 12.9. The van der Waals surface area contributed by atoms with Crippen molar-refractivity contribution in [3.8, 4) is 0 Å². The average molecular weight is 238 g/mol. The number of carbonyl (C=O) groups is 1. The molecule has 1 atom stereocenters. The van der Waals surface area contributed by atoms with E-state index in [9.17, 15) is 4.79 Å². The van der Waals surface area contributed by atoms with Crippen LogP contribution in [0.3, 0.4) is 0 Å². The molecule has 3 heteroatoms. The minimum Gasteiger partial charge on any atom is -0.341 e. The van der Waals surface area contributed by atoms with Crippen molar-refractivity contribution in [3.63, 3.8) is 0 Å². The van der Waals surface area contributed by atoms with Gasteiger partial charge in [0.15, 0.2) is 0 Å². The van der Waals surface area contributed by atoms with Crippen LogP contribution in [0.5, 0.6) is 0 Å². The topological polar surface area (TPSA) is 32.3 Å². The van der Waals surface area contributed by atoms with Gasteiger partial charge in [0.2, 0.25) is 5.91 Å². The first-order valence-electron chi connectivity index (χ1n) is 7.23. The monoisotopic (exact) mass is 238 g/mol. The van der Waals surface area contributed by atoms with E-state index in [-0.39, 0.29) is 6.04 Å². The lowest BCUT2D eigenvalue weighted by Crippen LogP contribution is -2.48. The van der Waals surface area contributed by atoms with E-state index in [0.29, 0.717) is 11.3 Å². The first-order valence-corrected chi connectivity index (χ1v) is 7.23. The number of hydrogen-bond acceptors (Lipinski definition) is 2. The van der Waals surface area contributed by atoms with Gasteiger partial charge >= 0.3 is 0 Å². The molecule has 2 aliphatic heterocycles. The van der Waals surface area contributed by atoms with Crippen molar-refractivity contribution in [2.45, 2.75) is 58.4 Å². The number of likely N-dealkylation sites (tertiary alicyclic amines) is 1. The molecule has 0 aromatic rings. The number of nitrogens with one attached hydrogen (secondary N) is 1. The van der Waals surface area contributed by atoms with E-state index < -0.39 is 0 Å². The highest BCUT2D eigenvalue weighted by atomic mass is 16.2. The third-order valence-corrected chi connectivity index (χ3v) is 4.86. The van der Waals surface area contributed by atoms with Gasteiger partial charge in [-0.2, -0.15) is 0 Å². The van der Waals surface area contributed by atoms with Crippen molar-refractivity contribution in [2.24, 2.45) is 5.41 Å². The maximum Gasteiger partial charge on any atom is 0.239 e. The fraction of sp³-hybridized carbons (Fsp3) is 0.929. The van der Waals surface area contributed by atoms with E-state index in [2.05, 4.69) is 24.1 Å². The Hall–Kier alpha value is -0.570. The molecule has 0 bridgehead atoms. The third-order valence-electron chi connectivity index (χ3n) is 4.86. The zero-order chi connectivity index (χ0) is 12.3. The van der Waals surface area contributed by atoms with Gasteiger partial charge in [0.05, 0.1) is 6.04 Å². The van der Waals surface area contributed by atoms with Crippen LogP contribution >= 0.6 is 0 Å². The summed E-state index contributed by atoms with van der Waals surface area (Å²) in [5, 5.41) is 3.37. The van der Waals surface area contributed by atoms with Crippen LogP contribution in [0.1, 0.15) is 52.4 Å². The minimum atomic E-state index is 0.105. The number of carbonyl (C=O) groups excluding carboxylic acids is 1. The lowest BCUT2D eigenvalue weighted by atomic mass is 9.82. The van der Waals surface area contributed by atoms with Crippen LogP contribution in [0, 0.1) is 5.41 Å². The van der Waals surface area contributed by atoms with E-state index in [0.717, 1.165) is 26.1 Å². The molecule has 2 heterocycles. The van der Waals surface area contributed by atoms with E-state index in [1.54, 1.807) is 0 Å². The largest absolute Gasteiger partial charge is 0.341 e. The van der Waals surface area contributed by atoms with E-state index in [4.69, 9.17) is 0 Å². The van der Waals surface area contributed by atoms with Gasteiger partial charge in [0, 0.05) is 13.1 Å². The van der Waals surface area contributed by atoms with Crippen LogP contribution in [0.2, 0.25) is 0 Å². The molecule has 1 unspecified atom stereocenters. The highest BCUT2D eigenvalue weighted by Crippen LogP contribution is 2.37. The highest BCUT2D eigenvalue weighted by Gasteiger charge is 2.38. The van der Waals surface area contributed by atoms with Crippen molar-refractivity contribution in [1.29, 1.82) is 0 Å². The summed E-state index contributed by atoms with van der Waals surface area (Å²) >= 11 is 0. The van der Waals surface area contributed by atoms with Crippen LogP contribution in [-0.4, -0.2) is 36.5 Å². The molecule has 2 aliphatic rings. The quantitative estimate of drug-likeness (QED) is 0.817. The summed E-state index contributed by atoms with van der Waals surface area (Å²) < 4.78 is 0. The van der Waals surface area contributed by atoms with Crippen molar-refractivity contribution in [3.05, 3.63) is 0 Å². The Morgan fingerprint density at radius 1 is 1.35 bits per heavy atom. The summed E-state index contributed by atoms with van der Waals surface area (Å²) in [6, 6.07) is 0.105. The fourth-order valence-electron chi connectivity index (χ4n) is 3.23. The fourth-order valence-corrected chi connectivity index (χ4v) is 3.23. The van der Waals surface area contributed by atoms with Gasteiger partial charge in [-0.25, -0.2) is 0 Å². The maximum absolute atomic E-state index is 12.4. The zero-order valence-electron chi connectivity index (χ0n) is 11.3. The van der Waals surface area contributed by atoms with Gasteiger partial charge in [0.1, 0.15) is 0 Å². The summed E-state index contributed by atoms with van der Waals surface area (Å²) in [6.45, 7) is 7.49. The van der Waals surface area contributed by atoms with Gasteiger partial charge in [-0.05, 0) is 44.1 Å². The molecule has 0 saturated carbocycles. The Morgan fingerprint density at radius 2 is 2.12 bits per heavy atom. The second-order valence-electron chi connectivity index (χ2n) is 5.72. The van der Waals surface area contributed by atoms with Gasteiger partial charge in [-0.1, -0.05) is 20.3 Å². The van der Waals surface area contributed by atoms with Crippen LogP contribution in [-0.2, 0) is 4.79 Å². The molecule has 2 fully saturated rings. The summed E-state index contributed by atoms with van der Waals surface area (Å²) in [6.07, 6.45) is 7.04.